The monoisotopic (exact) mass is 583 g/mol. The lowest BCUT2D eigenvalue weighted by atomic mass is 10.0. The fraction of sp³-hybridized carbons (Fsp3) is 0.462. The molecule has 8 nitrogen and oxygen atoms in total. The molecule has 2 aliphatic heterocycles. The van der Waals surface area contributed by atoms with Crippen molar-refractivity contribution in [1.82, 2.24) is 30.5 Å². The molecule has 0 radical (unpaired) electrons. The highest BCUT2D eigenvalue weighted by molar-refractivity contribution is 7.59. The average Bonchev–Trinajstić information content (AvgIpc) is 2.93. The minimum Gasteiger partial charge on any atom is -0.354 e. The molecule has 0 saturated carbocycles. The van der Waals surface area contributed by atoms with Crippen LogP contribution in [0.25, 0.3) is 10.9 Å². The molecule has 4 heterocycles. The number of pyridine rings is 1. The molecule has 2 aromatic heterocycles. The van der Waals surface area contributed by atoms with Gasteiger partial charge in [0.2, 0.25) is 5.82 Å². The predicted molar refractivity (Wildman–Crippen MR) is 145 cm³/mol. The summed E-state index contributed by atoms with van der Waals surface area (Å²) in [6.07, 6.45) is -3.40. The number of hydrogen-bond donors (Lipinski definition) is 2. The summed E-state index contributed by atoms with van der Waals surface area (Å²) in [5, 5.41) is 6.79. The summed E-state index contributed by atoms with van der Waals surface area (Å²) in [4.78, 5) is 28.7. The normalized spacial score (nSPS) is 18.7. The first kappa shape index (κ1) is 29.9. The Morgan fingerprint density at radius 3 is 2.35 bits per heavy atom. The Labute approximate surface area is 234 Å². The Morgan fingerprint density at radius 2 is 1.70 bits per heavy atom. The van der Waals surface area contributed by atoms with Gasteiger partial charge in [-0.2, -0.15) is 26.7 Å². The summed E-state index contributed by atoms with van der Waals surface area (Å²) in [7, 11) is 0. The summed E-state index contributed by atoms with van der Waals surface area (Å²) in [6.45, 7) is 3.39. The number of aromatic nitrogens is 3. The van der Waals surface area contributed by atoms with Crippen LogP contribution in [0.3, 0.4) is 0 Å². The molecule has 1 amide bonds. The molecule has 0 unspecified atom stereocenters. The highest BCUT2D eigenvalue weighted by atomic mass is 32.1. The SMILES string of the molecule is O=C(NC[C@H](c1cnc(C(F)(F)F)nc1)N1CCC(F)(F)CC1)c1cccc2nc(N3CCNCC3)ccc12.S. The molecule has 2 N–H and O–H groups in total. The number of nitrogens with zero attached hydrogens (tertiary/aromatic N) is 5. The fourth-order valence-electron chi connectivity index (χ4n) is 4.97. The van der Waals surface area contributed by atoms with Gasteiger partial charge in [0.05, 0.1) is 11.6 Å². The number of carbonyl (C=O) groups excluding carboxylic acids is 1. The minimum absolute atomic E-state index is 0. The molecule has 0 bridgehead atoms. The van der Waals surface area contributed by atoms with Crippen LogP contribution in [0.2, 0.25) is 0 Å². The largest absolute Gasteiger partial charge is 0.451 e. The Kier molecular flexibility index (Phi) is 9.10. The van der Waals surface area contributed by atoms with Gasteiger partial charge in [-0.15, -0.1) is 0 Å². The van der Waals surface area contributed by atoms with Gasteiger partial charge in [-0.05, 0) is 24.3 Å². The van der Waals surface area contributed by atoms with Crippen molar-refractivity contribution in [2.45, 2.75) is 31.0 Å². The summed E-state index contributed by atoms with van der Waals surface area (Å²) in [6, 6.07) is 8.28. The Hall–Kier alpha value is -3.10. The molecule has 1 aromatic carbocycles. The van der Waals surface area contributed by atoms with Crippen LogP contribution in [0.5, 0.6) is 0 Å². The van der Waals surface area contributed by atoms with Crippen LogP contribution < -0.4 is 15.5 Å². The van der Waals surface area contributed by atoms with Crippen molar-refractivity contribution in [3.8, 4) is 0 Å². The second kappa shape index (κ2) is 12.2. The molecule has 2 aliphatic rings. The lowest BCUT2D eigenvalue weighted by Gasteiger charge is -2.37. The molecule has 0 spiro atoms. The zero-order chi connectivity index (χ0) is 27.6. The topological polar surface area (TPSA) is 86.3 Å². The van der Waals surface area contributed by atoms with Crippen LogP contribution in [0, 0.1) is 0 Å². The molecule has 5 rings (SSSR count). The molecular weight excluding hydrogens is 553 g/mol. The molecule has 216 valence electrons. The first-order valence-electron chi connectivity index (χ1n) is 12.8. The minimum atomic E-state index is -4.71. The smallest absolute Gasteiger partial charge is 0.354 e. The van der Waals surface area contributed by atoms with Crippen molar-refractivity contribution in [3.63, 3.8) is 0 Å². The van der Waals surface area contributed by atoms with Crippen LogP contribution in [-0.4, -0.2) is 77.5 Å². The number of halogens is 5. The van der Waals surface area contributed by atoms with Crippen molar-refractivity contribution >= 4 is 36.1 Å². The zero-order valence-corrected chi connectivity index (χ0v) is 22.5. The van der Waals surface area contributed by atoms with Gasteiger partial charge in [0, 0.05) is 87.6 Å². The van der Waals surface area contributed by atoms with Gasteiger partial charge in [-0.3, -0.25) is 9.69 Å². The summed E-state index contributed by atoms with van der Waals surface area (Å²) in [5.41, 5.74) is 1.35. The number of hydrogen-bond acceptors (Lipinski definition) is 7. The second-order valence-corrected chi connectivity index (χ2v) is 9.73. The maximum atomic E-state index is 13.8. The number of rotatable bonds is 6. The van der Waals surface area contributed by atoms with Crippen LogP contribution >= 0.6 is 13.5 Å². The molecule has 14 heteroatoms. The van der Waals surface area contributed by atoms with E-state index in [2.05, 4.69) is 25.5 Å². The number of piperazine rings is 1. The van der Waals surface area contributed by atoms with E-state index in [0.29, 0.717) is 22.0 Å². The maximum Gasteiger partial charge on any atom is 0.451 e. The molecule has 0 aliphatic carbocycles. The molecular formula is C26H30F5N7OS. The standard InChI is InChI=1S/C26H28F5N7O.H2S/c27-25(28)6-10-37(11-7-25)21(17-14-34-24(35-15-17)26(29,30)31)16-33-23(39)19-2-1-3-20-18(19)4-5-22(36-20)38-12-8-32-9-13-38;/h1-5,14-15,21,32H,6-13,16H2,(H,33,39);1H2/t21-;/m1./s1. The number of alkyl halides is 5. The highest BCUT2D eigenvalue weighted by Crippen LogP contribution is 2.33. The van der Waals surface area contributed by atoms with Crippen molar-refractivity contribution in [2.75, 3.05) is 50.7 Å². The number of likely N-dealkylation sites (tertiary alicyclic amines) is 1. The Balaban J connectivity index is 0.00000370. The third-order valence-electron chi connectivity index (χ3n) is 7.14. The number of fused-ring (bicyclic) bond motifs is 1. The summed E-state index contributed by atoms with van der Waals surface area (Å²) in [5.74, 6) is -3.67. The summed E-state index contributed by atoms with van der Waals surface area (Å²) < 4.78 is 66.5. The van der Waals surface area contributed by atoms with Gasteiger partial charge in [-0.1, -0.05) is 6.07 Å². The molecule has 2 saturated heterocycles. The molecule has 3 aromatic rings. The third-order valence-corrected chi connectivity index (χ3v) is 7.14. The van der Waals surface area contributed by atoms with Crippen LogP contribution in [0.1, 0.15) is 40.6 Å². The molecule has 1 atom stereocenters. The lowest BCUT2D eigenvalue weighted by molar-refractivity contribution is -0.145. The van der Waals surface area contributed by atoms with E-state index in [1.165, 1.54) is 0 Å². The van der Waals surface area contributed by atoms with Crippen LogP contribution in [0.4, 0.5) is 27.8 Å². The highest BCUT2D eigenvalue weighted by Gasteiger charge is 2.38. The number of piperidine rings is 1. The number of benzene rings is 1. The molecule has 40 heavy (non-hydrogen) atoms. The molecule has 2 fully saturated rings. The van der Waals surface area contributed by atoms with Gasteiger partial charge in [0.15, 0.2) is 0 Å². The van der Waals surface area contributed by atoms with Crippen LogP contribution in [-0.2, 0) is 6.18 Å². The number of anilines is 1. The lowest BCUT2D eigenvalue weighted by Crippen LogP contribution is -2.45. The van der Waals surface area contributed by atoms with Crippen molar-refractivity contribution in [2.24, 2.45) is 0 Å². The van der Waals surface area contributed by atoms with E-state index < -0.39 is 29.9 Å². The van der Waals surface area contributed by atoms with E-state index in [-0.39, 0.29) is 46.0 Å². The van der Waals surface area contributed by atoms with Gasteiger partial charge in [0.25, 0.3) is 11.8 Å². The van der Waals surface area contributed by atoms with E-state index in [0.717, 1.165) is 44.4 Å². The quantitative estimate of drug-likeness (QED) is 0.428. The van der Waals surface area contributed by atoms with Crippen LogP contribution in [0.15, 0.2) is 42.7 Å². The van der Waals surface area contributed by atoms with Gasteiger partial charge in [-0.25, -0.2) is 23.7 Å². The van der Waals surface area contributed by atoms with Crippen molar-refractivity contribution < 1.29 is 26.7 Å². The van der Waals surface area contributed by atoms with Gasteiger partial charge in [0.1, 0.15) is 5.82 Å². The maximum absolute atomic E-state index is 13.8. The van der Waals surface area contributed by atoms with E-state index in [9.17, 15) is 26.7 Å². The van der Waals surface area contributed by atoms with E-state index in [1.54, 1.807) is 17.0 Å². The number of carbonyl (C=O) groups is 1. The number of nitrogens with one attached hydrogen (secondary N) is 2. The van der Waals surface area contributed by atoms with E-state index in [4.69, 9.17) is 4.98 Å². The van der Waals surface area contributed by atoms with E-state index >= 15 is 0 Å². The third kappa shape index (κ3) is 6.78. The zero-order valence-electron chi connectivity index (χ0n) is 21.5. The first-order valence-corrected chi connectivity index (χ1v) is 12.8. The second-order valence-electron chi connectivity index (χ2n) is 9.73. The predicted octanol–water partition coefficient (Wildman–Crippen LogP) is 3.77. The Bertz CT molecular complexity index is 1310. The van der Waals surface area contributed by atoms with Gasteiger partial charge >= 0.3 is 6.18 Å². The van der Waals surface area contributed by atoms with Crippen molar-refractivity contribution in [3.05, 3.63) is 59.7 Å². The summed E-state index contributed by atoms with van der Waals surface area (Å²) >= 11 is 0. The number of amides is 1. The fourth-order valence-corrected chi connectivity index (χ4v) is 4.97. The average molecular weight is 584 g/mol. The Morgan fingerprint density at radius 1 is 1.02 bits per heavy atom. The van der Waals surface area contributed by atoms with E-state index in [1.807, 2.05) is 18.2 Å². The van der Waals surface area contributed by atoms with Gasteiger partial charge < -0.3 is 15.5 Å². The first-order chi connectivity index (χ1) is 18.6. The van der Waals surface area contributed by atoms with Crippen molar-refractivity contribution in [1.29, 1.82) is 0 Å².